The minimum absolute atomic E-state index is 0.347. The molecule has 0 aliphatic carbocycles. The molecule has 4 rings (SSSR count). The molecule has 1 atom stereocenters. The highest BCUT2D eigenvalue weighted by Gasteiger charge is 2.38. The van der Waals surface area contributed by atoms with Crippen molar-refractivity contribution in [2.24, 2.45) is 4.99 Å². The molecule has 126 valence electrons. The van der Waals surface area contributed by atoms with Crippen LogP contribution in [-0.2, 0) is 13.0 Å². The summed E-state index contributed by atoms with van der Waals surface area (Å²) in [7, 11) is 0. The van der Waals surface area contributed by atoms with Crippen LogP contribution < -0.4 is 5.32 Å². The van der Waals surface area contributed by atoms with E-state index in [2.05, 4.69) is 59.8 Å². The standard InChI is InChI=1S/C20H26N4/c1-4-16-5-7-17(8-6-16)13-23-15(3)18-11-21-10-9-19(18)24-12-14(2)22-20(23)24/h5-8,14,21H,3-4,9-13H2,1-2H3/t14-/m1/s1. The molecular weight excluding hydrogens is 296 g/mol. The van der Waals surface area contributed by atoms with Gasteiger partial charge < -0.3 is 15.1 Å². The van der Waals surface area contributed by atoms with E-state index in [4.69, 9.17) is 4.99 Å². The van der Waals surface area contributed by atoms with E-state index in [0.717, 1.165) is 50.7 Å². The average molecular weight is 322 g/mol. The number of rotatable bonds is 3. The van der Waals surface area contributed by atoms with Crippen molar-refractivity contribution in [2.45, 2.75) is 39.3 Å². The molecule has 1 aromatic carbocycles. The SMILES string of the molecule is C=C1C2=C(CCNC2)N2C[C@@H](C)N=C2N1Cc1ccc(CC)cc1. The molecule has 0 spiro atoms. The molecule has 3 aliphatic rings. The summed E-state index contributed by atoms with van der Waals surface area (Å²) in [4.78, 5) is 9.64. The highest BCUT2D eigenvalue weighted by molar-refractivity contribution is 5.88. The Morgan fingerprint density at radius 2 is 2.00 bits per heavy atom. The third-order valence-corrected chi connectivity index (χ3v) is 5.23. The van der Waals surface area contributed by atoms with E-state index in [0.29, 0.717) is 6.04 Å². The molecule has 0 fully saturated rings. The molecule has 3 heterocycles. The minimum Gasteiger partial charge on any atom is -0.313 e. The summed E-state index contributed by atoms with van der Waals surface area (Å²) in [6.45, 7) is 12.6. The lowest BCUT2D eigenvalue weighted by Gasteiger charge is -2.42. The first-order chi connectivity index (χ1) is 11.7. The number of hydrogen-bond donors (Lipinski definition) is 1. The molecule has 3 aliphatic heterocycles. The van der Waals surface area contributed by atoms with Crippen molar-refractivity contribution in [1.29, 1.82) is 0 Å². The molecule has 4 nitrogen and oxygen atoms in total. The van der Waals surface area contributed by atoms with Gasteiger partial charge in [-0.1, -0.05) is 37.8 Å². The van der Waals surface area contributed by atoms with Crippen LogP contribution in [0.5, 0.6) is 0 Å². The monoisotopic (exact) mass is 322 g/mol. The van der Waals surface area contributed by atoms with E-state index < -0.39 is 0 Å². The zero-order chi connectivity index (χ0) is 16.7. The van der Waals surface area contributed by atoms with Gasteiger partial charge >= 0.3 is 0 Å². The summed E-state index contributed by atoms with van der Waals surface area (Å²) in [5, 5.41) is 3.49. The van der Waals surface area contributed by atoms with Gasteiger partial charge in [0.25, 0.3) is 0 Å². The number of nitrogens with one attached hydrogen (secondary N) is 1. The van der Waals surface area contributed by atoms with Crippen molar-refractivity contribution in [3.05, 3.63) is 58.9 Å². The number of hydrogen-bond acceptors (Lipinski definition) is 4. The van der Waals surface area contributed by atoms with Crippen LogP contribution in [0.4, 0.5) is 0 Å². The first kappa shape index (κ1) is 15.5. The van der Waals surface area contributed by atoms with E-state index in [1.54, 1.807) is 0 Å². The van der Waals surface area contributed by atoms with Crippen LogP contribution in [0, 0.1) is 0 Å². The van der Waals surface area contributed by atoms with Gasteiger partial charge in [0.2, 0.25) is 5.96 Å². The zero-order valence-electron chi connectivity index (χ0n) is 14.7. The normalized spacial score (nSPS) is 23.3. The van der Waals surface area contributed by atoms with Crippen molar-refractivity contribution in [2.75, 3.05) is 19.6 Å². The molecule has 0 aromatic heterocycles. The maximum atomic E-state index is 4.92. The summed E-state index contributed by atoms with van der Waals surface area (Å²) >= 11 is 0. The van der Waals surface area contributed by atoms with Crippen LogP contribution in [0.15, 0.2) is 52.8 Å². The third-order valence-electron chi connectivity index (χ3n) is 5.23. The van der Waals surface area contributed by atoms with Gasteiger partial charge in [-0.3, -0.25) is 0 Å². The predicted molar refractivity (Wildman–Crippen MR) is 98.6 cm³/mol. The quantitative estimate of drug-likeness (QED) is 0.928. The van der Waals surface area contributed by atoms with Crippen molar-refractivity contribution in [1.82, 2.24) is 15.1 Å². The van der Waals surface area contributed by atoms with Crippen molar-refractivity contribution < 1.29 is 0 Å². The lowest BCUT2D eigenvalue weighted by molar-refractivity contribution is 0.369. The van der Waals surface area contributed by atoms with Crippen LogP contribution in [0.3, 0.4) is 0 Å². The Morgan fingerprint density at radius 1 is 1.25 bits per heavy atom. The van der Waals surface area contributed by atoms with Crippen LogP contribution >= 0.6 is 0 Å². The first-order valence-corrected chi connectivity index (χ1v) is 9.00. The summed E-state index contributed by atoms with van der Waals surface area (Å²) in [5.41, 5.74) is 6.59. The van der Waals surface area contributed by atoms with Gasteiger partial charge in [0.1, 0.15) is 0 Å². The second kappa shape index (κ2) is 6.10. The summed E-state index contributed by atoms with van der Waals surface area (Å²) in [6, 6.07) is 9.27. The maximum Gasteiger partial charge on any atom is 0.206 e. The lowest BCUT2D eigenvalue weighted by atomic mass is 9.99. The Balaban J connectivity index is 1.67. The average Bonchev–Trinajstić information content (AvgIpc) is 3.01. The molecule has 0 bridgehead atoms. The molecule has 0 amide bonds. The maximum absolute atomic E-state index is 4.92. The molecule has 4 heteroatoms. The van der Waals surface area contributed by atoms with Crippen molar-refractivity contribution >= 4 is 5.96 Å². The van der Waals surface area contributed by atoms with Crippen LogP contribution in [0.1, 0.15) is 31.4 Å². The predicted octanol–water partition coefficient (Wildman–Crippen LogP) is 2.89. The third kappa shape index (κ3) is 2.55. The van der Waals surface area contributed by atoms with Crippen molar-refractivity contribution in [3.8, 4) is 0 Å². The number of aryl methyl sites for hydroxylation is 1. The van der Waals surface area contributed by atoms with Crippen LogP contribution in [0.25, 0.3) is 0 Å². The largest absolute Gasteiger partial charge is 0.313 e. The number of nitrogens with zero attached hydrogens (tertiary/aromatic N) is 3. The highest BCUT2D eigenvalue weighted by Crippen LogP contribution is 2.35. The van der Waals surface area contributed by atoms with Gasteiger partial charge in [0.15, 0.2) is 0 Å². The molecular formula is C20H26N4. The minimum atomic E-state index is 0.347. The summed E-state index contributed by atoms with van der Waals surface area (Å²) in [5.74, 6) is 1.09. The Labute approximate surface area is 144 Å². The van der Waals surface area contributed by atoms with Crippen LogP contribution in [0.2, 0.25) is 0 Å². The van der Waals surface area contributed by atoms with E-state index in [1.165, 1.54) is 22.4 Å². The van der Waals surface area contributed by atoms with E-state index in [1.807, 2.05) is 0 Å². The number of benzene rings is 1. The van der Waals surface area contributed by atoms with Gasteiger partial charge in [0.05, 0.1) is 12.6 Å². The second-order valence-corrected chi connectivity index (χ2v) is 6.94. The molecule has 1 N–H and O–H groups in total. The molecule has 0 radical (unpaired) electrons. The van der Waals surface area contributed by atoms with E-state index in [9.17, 15) is 0 Å². The van der Waals surface area contributed by atoms with Gasteiger partial charge in [-0.15, -0.1) is 0 Å². The summed E-state index contributed by atoms with van der Waals surface area (Å²) < 4.78 is 0. The smallest absolute Gasteiger partial charge is 0.206 e. The molecule has 24 heavy (non-hydrogen) atoms. The summed E-state index contributed by atoms with van der Waals surface area (Å²) in [6.07, 6.45) is 2.15. The number of aliphatic imine (C=N–C) groups is 1. The van der Waals surface area contributed by atoms with E-state index >= 15 is 0 Å². The zero-order valence-corrected chi connectivity index (χ0v) is 14.7. The van der Waals surface area contributed by atoms with Gasteiger partial charge in [-0.05, 0) is 24.5 Å². The fraction of sp³-hybridized carbons (Fsp3) is 0.450. The second-order valence-electron chi connectivity index (χ2n) is 6.94. The Kier molecular flexibility index (Phi) is 3.93. The van der Waals surface area contributed by atoms with E-state index in [-0.39, 0.29) is 0 Å². The van der Waals surface area contributed by atoms with Crippen LogP contribution in [-0.4, -0.2) is 41.4 Å². The molecule has 1 aromatic rings. The first-order valence-electron chi connectivity index (χ1n) is 9.00. The Morgan fingerprint density at radius 3 is 2.75 bits per heavy atom. The molecule has 0 saturated heterocycles. The Hall–Kier alpha value is -2.07. The lowest BCUT2D eigenvalue weighted by Crippen LogP contribution is -2.49. The van der Waals surface area contributed by atoms with Gasteiger partial charge in [-0.25, -0.2) is 4.99 Å². The molecule has 0 unspecified atom stereocenters. The highest BCUT2D eigenvalue weighted by atomic mass is 15.4. The Bertz CT molecular complexity index is 714. The van der Waals surface area contributed by atoms with Crippen molar-refractivity contribution in [3.63, 3.8) is 0 Å². The van der Waals surface area contributed by atoms with Gasteiger partial charge in [0, 0.05) is 43.0 Å². The molecule has 0 saturated carbocycles. The number of guanidine groups is 1. The fourth-order valence-electron chi connectivity index (χ4n) is 3.85. The van der Waals surface area contributed by atoms with Gasteiger partial charge in [-0.2, -0.15) is 0 Å². The topological polar surface area (TPSA) is 30.9 Å². The fourth-order valence-corrected chi connectivity index (χ4v) is 3.85. The number of fused-ring (bicyclic) bond motifs is 2.